The van der Waals surface area contributed by atoms with Crippen LogP contribution < -0.4 is 5.32 Å². The molecule has 2 heterocycles. The van der Waals surface area contributed by atoms with Gasteiger partial charge in [-0.1, -0.05) is 6.07 Å². The molecule has 1 aliphatic heterocycles. The Morgan fingerprint density at radius 1 is 1.52 bits per heavy atom. The zero-order valence-electron chi connectivity index (χ0n) is 11.7. The summed E-state index contributed by atoms with van der Waals surface area (Å²) in [5.74, 6) is -1.91. The van der Waals surface area contributed by atoms with E-state index in [0.717, 1.165) is 5.56 Å². The van der Waals surface area contributed by atoms with E-state index in [1.54, 1.807) is 30.4 Å². The Morgan fingerprint density at radius 2 is 2.29 bits per heavy atom. The van der Waals surface area contributed by atoms with Crippen LogP contribution in [0.15, 0.2) is 24.5 Å². The number of amides is 2. The molecule has 0 saturated carbocycles. The standard InChI is InChI=1S/C14H17N3O4/c1-17-11(18)7-10(14(21)16-6-4-12(19)20)13(17)9-3-2-5-15-8-9/h2-3,5,8,10,13H,4,6-7H2,1H3,(H,16,21)(H,19,20)/t10-,13+/m0/s1. The number of hydrogen-bond acceptors (Lipinski definition) is 4. The lowest BCUT2D eigenvalue weighted by atomic mass is 9.94. The van der Waals surface area contributed by atoms with Gasteiger partial charge in [-0.05, 0) is 11.6 Å². The molecule has 0 radical (unpaired) electrons. The van der Waals surface area contributed by atoms with Gasteiger partial charge in [0.2, 0.25) is 11.8 Å². The number of carboxylic acid groups (broad SMARTS) is 1. The molecule has 2 rings (SSSR count). The van der Waals surface area contributed by atoms with Gasteiger partial charge in [0.15, 0.2) is 0 Å². The predicted molar refractivity (Wildman–Crippen MR) is 73.1 cm³/mol. The Morgan fingerprint density at radius 3 is 2.90 bits per heavy atom. The van der Waals surface area contributed by atoms with Crippen molar-refractivity contribution in [3.8, 4) is 0 Å². The van der Waals surface area contributed by atoms with E-state index in [1.807, 2.05) is 6.07 Å². The molecule has 0 aliphatic carbocycles. The topological polar surface area (TPSA) is 99.6 Å². The van der Waals surface area contributed by atoms with Crippen molar-refractivity contribution in [1.82, 2.24) is 15.2 Å². The molecule has 1 aromatic rings. The smallest absolute Gasteiger partial charge is 0.305 e. The van der Waals surface area contributed by atoms with Gasteiger partial charge in [-0.15, -0.1) is 0 Å². The summed E-state index contributed by atoms with van der Waals surface area (Å²) in [7, 11) is 1.66. The molecule has 1 saturated heterocycles. The third-order valence-electron chi connectivity index (χ3n) is 3.59. The molecular formula is C14H17N3O4. The largest absolute Gasteiger partial charge is 0.481 e. The van der Waals surface area contributed by atoms with Crippen molar-refractivity contribution in [2.45, 2.75) is 18.9 Å². The number of aromatic nitrogens is 1. The zero-order valence-corrected chi connectivity index (χ0v) is 11.7. The fourth-order valence-corrected chi connectivity index (χ4v) is 2.54. The second-order valence-corrected chi connectivity index (χ2v) is 4.98. The monoisotopic (exact) mass is 291 g/mol. The summed E-state index contributed by atoms with van der Waals surface area (Å²) < 4.78 is 0. The molecule has 0 bridgehead atoms. The number of aliphatic carboxylic acids is 1. The molecule has 2 amide bonds. The normalized spacial score (nSPS) is 21.4. The first-order chi connectivity index (χ1) is 10.0. The van der Waals surface area contributed by atoms with Gasteiger partial charge in [-0.25, -0.2) is 0 Å². The molecule has 1 fully saturated rings. The Hall–Kier alpha value is -2.44. The molecule has 2 N–H and O–H groups in total. The number of nitrogens with zero attached hydrogens (tertiary/aromatic N) is 2. The minimum absolute atomic E-state index is 0.0579. The van der Waals surface area contributed by atoms with Gasteiger partial charge in [0.05, 0.1) is 18.4 Å². The van der Waals surface area contributed by atoms with Crippen molar-refractivity contribution < 1.29 is 19.5 Å². The molecule has 7 heteroatoms. The van der Waals surface area contributed by atoms with Crippen molar-refractivity contribution in [3.63, 3.8) is 0 Å². The van der Waals surface area contributed by atoms with Crippen molar-refractivity contribution in [1.29, 1.82) is 0 Å². The van der Waals surface area contributed by atoms with Gasteiger partial charge in [0.25, 0.3) is 0 Å². The third-order valence-corrected chi connectivity index (χ3v) is 3.59. The van der Waals surface area contributed by atoms with E-state index >= 15 is 0 Å². The summed E-state index contributed by atoms with van der Waals surface area (Å²) in [6.07, 6.45) is 3.24. The maximum absolute atomic E-state index is 12.2. The van der Waals surface area contributed by atoms with Gasteiger partial charge in [-0.2, -0.15) is 0 Å². The first kappa shape index (κ1) is 15.0. The van der Waals surface area contributed by atoms with Crippen molar-refractivity contribution in [3.05, 3.63) is 30.1 Å². The molecule has 0 aromatic carbocycles. The van der Waals surface area contributed by atoms with Crippen LogP contribution in [0.4, 0.5) is 0 Å². The number of likely N-dealkylation sites (tertiary alicyclic amines) is 1. The number of carbonyl (C=O) groups excluding carboxylic acids is 2. The van der Waals surface area contributed by atoms with E-state index in [9.17, 15) is 14.4 Å². The predicted octanol–water partition coefficient (Wildman–Crippen LogP) is 0.192. The second-order valence-electron chi connectivity index (χ2n) is 4.98. The SMILES string of the molecule is CN1C(=O)C[C@H](C(=O)NCCC(=O)O)[C@H]1c1cccnc1. The molecular weight excluding hydrogens is 274 g/mol. The average molecular weight is 291 g/mol. The maximum Gasteiger partial charge on any atom is 0.305 e. The van der Waals surface area contributed by atoms with Crippen LogP contribution >= 0.6 is 0 Å². The molecule has 112 valence electrons. The highest BCUT2D eigenvalue weighted by molar-refractivity contribution is 5.90. The summed E-state index contributed by atoms with van der Waals surface area (Å²) >= 11 is 0. The minimum atomic E-state index is -0.973. The van der Waals surface area contributed by atoms with Gasteiger partial charge in [0.1, 0.15) is 0 Å². The maximum atomic E-state index is 12.2. The first-order valence-electron chi connectivity index (χ1n) is 6.66. The van der Waals surface area contributed by atoms with Crippen LogP contribution in [0, 0.1) is 5.92 Å². The Kier molecular flexibility index (Phi) is 4.52. The van der Waals surface area contributed by atoms with Crippen LogP contribution in [0.2, 0.25) is 0 Å². The summed E-state index contributed by atoms with van der Waals surface area (Å²) in [4.78, 5) is 40.1. The third kappa shape index (κ3) is 3.36. The molecule has 7 nitrogen and oxygen atoms in total. The first-order valence-corrected chi connectivity index (χ1v) is 6.66. The Labute approximate surface area is 122 Å². The summed E-state index contributed by atoms with van der Waals surface area (Å²) in [6.45, 7) is 0.0579. The lowest BCUT2D eigenvalue weighted by Crippen LogP contribution is -2.35. The van der Waals surface area contributed by atoms with Crippen molar-refractivity contribution in [2.75, 3.05) is 13.6 Å². The zero-order chi connectivity index (χ0) is 15.4. The van der Waals surface area contributed by atoms with E-state index < -0.39 is 11.9 Å². The van der Waals surface area contributed by atoms with Gasteiger partial charge < -0.3 is 15.3 Å². The molecule has 1 aliphatic rings. The number of carboxylic acids is 1. The second kappa shape index (κ2) is 6.34. The lowest BCUT2D eigenvalue weighted by molar-refractivity contribution is -0.137. The van der Waals surface area contributed by atoms with E-state index in [-0.39, 0.29) is 37.2 Å². The molecule has 2 atom stereocenters. The van der Waals surface area contributed by atoms with Crippen LogP contribution in [-0.4, -0.2) is 46.4 Å². The number of pyridine rings is 1. The van der Waals surface area contributed by atoms with Crippen molar-refractivity contribution >= 4 is 17.8 Å². The minimum Gasteiger partial charge on any atom is -0.481 e. The van der Waals surface area contributed by atoms with E-state index in [4.69, 9.17) is 5.11 Å². The quantitative estimate of drug-likeness (QED) is 0.807. The number of carbonyl (C=O) groups is 3. The number of hydrogen-bond donors (Lipinski definition) is 2. The molecule has 0 spiro atoms. The van der Waals surface area contributed by atoms with Crippen LogP contribution in [0.25, 0.3) is 0 Å². The van der Waals surface area contributed by atoms with E-state index in [1.165, 1.54) is 0 Å². The van der Waals surface area contributed by atoms with Gasteiger partial charge in [-0.3, -0.25) is 19.4 Å². The molecule has 1 aromatic heterocycles. The van der Waals surface area contributed by atoms with Gasteiger partial charge in [0, 0.05) is 32.4 Å². The highest BCUT2D eigenvalue weighted by atomic mass is 16.4. The lowest BCUT2D eigenvalue weighted by Gasteiger charge is -2.24. The fourth-order valence-electron chi connectivity index (χ4n) is 2.54. The summed E-state index contributed by atoms with van der Waals surface area (Å²) in [5, 5.41) is 11.2. The highest BCUT2D eigenvalue weighted by Crippen LogP contribution is 2.36. The Balaban J connectivity index is 2.11. The van der Waals surface area contributed by atoms with E-state index in [2.05, 4.69) is 10.3 Å². The van der Waals surface area contributed by atoms with E-state index in [0.29, 0.717) is 0 Å². The van der Waals surface area contributed by atoms with Crippen molar-refractivity contribution in [2.24, 2.45) is 5.92 Å². The fraction of sp³-hybridized carbons (Fsp3) is 0.429. The average Bonchev–Trinajstić information content (AvgIpc) is 2.75. The van der Waals surface area contributed by atoms with Crippen LogP contribution in [-0.2, 0) is 14.4 Å². The molecule has 0 unspecified atom stereocenters. The Bertz CT molecular complexity index is 546. The number of rotatable bonds is 5. The summed E-state index contributed by atoms with van der Waals surface area (Å²) in [6, 6.07) is 3.21. The molecule has 21 heavy (non-hydrogen) atoms. The number of nitrogens with one attached hydrogen (secondary N) is 1. The summed E-state index contributed by atoms with van der Waals surface area (Å²) in [5.41, 5.74) is 0.796. The van der Waals surface area contributed by atoms with Crippen LogP contribution in [0.5, 0.6) is 0 Å². The van der Waals surface area contributed by atoms with Crippen LogP contribution in [0.1, 0.15) is 24.4 Å². The van der Waals surface area contributed by atoms with Gasteiger partial charge >= 0.3 is 5.97 Å². The highest BCUT2D eigenvalue weighted by Gasteiger charge is 2.42. The van der Waals surface area contributed by atoms with Crippen LogP contribution in [0.3, 0.4) is 0 Å².